The molecule has 4 heteroatoms. The van der Waals surface area contributed by atoms with E-state index >= 15 is 0 Å². The number of hydrogen-bond acceptors (Lipinski definition) is 3. The fourth-order valence-corrected chi connectivity index (χ4v) is 3.33. The van der Waals surface area contributed by atoms with Crippen LogP contribution >= 0.6 is 0 Å². The van der Waals surface area contributed by atoms with Crippen molar-refractivity contribution in [2.24, 2.45) is 5.41 Å². The van der Waals surface area contributed by atoms with Crippen LogP contribution in [0.2, 0.25) is 0 Å². The van der Waals surface area contributed by atoms with Crippen molar-refractivity contribution in [3.63, 3.8) is 0 Å². The van der Waals surface area contributed by atoms with Crippen LogP contribution in [0.3, 0.4) is 0 Å². The van der Waals surface area contributed by atoms with Gasteiger partial charge in [-0.05, 0) is 71.1 Å². The van der Waals surface area contributed by atoms with Gasteiger partial charge in [0.2, 0.25) is 0 Å². The number of allylic oxidation sites excluding steroid dienone is 2. The second kappa shape index (κ2) is 8.56. The lowest BCUT2D eigenvalue weighted by molar-refractivity contribution is 0.0527. The van der Waals surface area contributed by atoms with E-state index in [9.17, 15) is 4.79 Å². The lowest BCUT2D eigenvalue weighted by atomic mass is 9.73. The summed E-state index contributed by atoms with van der Waals surface area (Å²) in [6.45, 7) is 8.77. The Labute approximate surface area is 135 Å². The highest BCUT2D eigenvalue weighted by atomic mass is 16.6. The van der Waals surface area contributed by atoms with Gasteiger partial charge in [-0.3, -0.25) is 0 Å². The molecule has 1 aliphatic rings. The van der Waals surface area contributed by atoms with Crippen LogP contribution in [0.15, 0.2) is 11.6 Å². The number of amides is 1. The van der Waals surface area contributed by atoms with Crippen LogP contribution < -0.4 is 5.32 Å². The molecule has 0 saturated heterocycles. The molecule has 0 fully saturated rings. The minimum Gasteiger partial charge on any atom is -0.444 e. The molecule has 0 aliphatic heterocycles. The third-order valence-corrected chi connectivity index (χ3v) is 4.48. The second-order valence-corrected chi connectivity index (χ2v) is 7.26. The molecule has 0 radical (unpaired) electrons. The monoisotopic (exact) mass is 311 g/mol. The molecular weight excluding hydrogens is 278 g/mol. The molecule has 1 rings (SSSR count). The molecule has 22 heavy (non-hydrogen) atoms. The van der Waals surface area contributed by atoms with E-state index in [2.05, 4.69) is 18.3 Å². The van der Waals surface area contributed by atoms with Crippen LogP contribution in [0.25, 0.3) is 0 Å². The van der Waals surface area contributed by atoms with Crippen molar-refractivity contribution in [2.75, 3.05) is 13.2 Å². The highest BCUT2D eigenvalue weighted by Crippen LogP contribution is 2.47. The third kappa shape index (κ3) is 5.99. The van der Waals surface area contributed by atoms with Crippen molar-refractivity contribution < 1.29 is 14.6 Å². The standard InChI is InChI=1S/C18H33NO3/c1-5-18(12-8-14-20)11-6-9-15(18)10-7-13-19-16(21)22-17(2,3)4/h9,20H,5-8,10-14H2,1-4H3,(H,19,21). The first kappa shape index (κ1) is 19.0. The largest absolute Gasteiger partial charge is 0.444 e. The van der Waals surface area contributed by atoms with E-state index in [1.165, 1.54) is 12.0 Å². The molecule has 0 spiro atoms. The van der Waals surface area contributed by atoms with Crippen LogP contribution in [-0.2, 0) is 4.74 Å². The van der Waals surface area contributed by atoms with E-state index in [0.29, 0.717) is 6.54 Å². The fraction of sp³-hybridized carbons (Fsp3) is 0.833. The van der Waals surface area contributed by atoms with Gasteiger partial charge < -0.3 is 15.2 Å². The molecule has 4 nitrogen and oxygen atoms in total. The Morgan fingerprint density at radius 1 is 1.41 bits per heavy atom. The summed E-state index contributed by atoms with van der Waals surface area (Å²) in [6.07, 6.45) is 9.43. The number of aliphatic hydroxyl groups is 1. The minimum atomic E-state index is -0.445. The van der Waals surface area contributed by atoms with Gasteiger partial charge in [0.15, 0.2) is 0 Å². The molecule has 0 aromatic heterocycles. The van der Waals surface area contributed by atoms with E-state index in [1.807, 2.05) is 20.8 Å². The van der Waals surface area contributed by atoms with Crippen molar-refractivity contribution in [1.29, 1.82) is 0 Å². The number of carbonyl (C=O) groups excluding carboxylic acids is 1. The van der Waals surface area contributed by atoms with Crippen LogP contribution in [0.1, 0.15) is 72.6 Å². The Kier molecular flexibility index (Phi) is 7.40. The molecule has 0 heterocycles. The molecular formula is C18H33NO3. The highest BCUT2D eigenvalue weighted by Gasteiger charge is 2.34. The predicted octanol–water partition coefficient (Wildman–Crippen LogP) is 4.18. The summed E-state index contributed by atoms with van der Waals surface area (Å²) >= 11 is 0. The van der Waals surface area contributed by atoms with E-state index in [1.54, 1.807) is 0 Å². The van der Waals surface area contributed by atoms with Gasteiger partial charge in [-0.2, -0.15) is 0 Å². The first-order valence-electron chi connectivity index (χ1n) is 8.60. The number of rotatable bonds is 8. The maximum absolute atomic E-state index is 11.6. The van der Waals surface area contributed by atoms with Crippen molar-refractivity contribution in [2.45, 2.75) is 78.2 Å². The topological polar surface area (TPSA) is 58.6 Å². The van der Waals surface area contributed by atoms with Gasteiger partial charge in [-0.25, -0.2) is 4.79 Å². The number of carbonyl (C=O) groups is 1. The molecule has 2 N–H and O–H groups in total. The fourth-order valence-electron chi connectivity index (χ4n) is 3.33. The predicted molar refractivity (Wildman–Crippen MR) is 89.8 cm³/mol. The Morgan fingerprint density at radius 2 is 2.14 bits per heavy atom. The molecule has 0 bridgehead atoms. The Balaban J connectivity index is 2.36. The summed E-state index contributed by atoms with van der Waals surface area (Å²) in [6, 6.07) is 0. The lowest BCUT2D eigenvalue weighted by Gasteiger charge is -2.32. The Bertz CT molecular complexity index is 384. The van der Waals surface area contributed by atoms with Crippen molar-refractivity contribution in [3.8, 4) is 0 Å². The zero-order valence-electron chi connectivity index (χ0n) is 14.7. The number of hydrogen-bond donors (Lipinski definition) is 2. The number of alkyl carbamates (subject to hydrolysis) is 1. The van der Waals surface area contributed by atoms with E-state index in [-0.39, 0.29) is 18.1 Å². The van der Waals surface area contributed by atoms with Gasteiger partial charge in [0.05, 0.1) is 0 Å². The molecule has 1 amide bonds. The SMILES string of the molecule is CCC1(CCCO)CCC=C1CCCNC(=O)OC(C)(C)C. The lowest BCUT2D eigenvalue weighted by Crippen LogP contribution is -2.33. The number of nitrogens with one attached hydrogen (secondary N) is 1. The highest BCUT2D eigenvalue weighted by molar-refractivity contribution is 5.67. The maximum atomic E-state index is 11.6. The summed E-state index contributed by atoms with van der Waals surface area (Å²) in [4.78, 5) is 11.6. The normalized spacial score (nSPS) is 21.6. The summed E-state index contributed by atoms with van der Waals surface area (Å²) < 4.78 is 5.23. The zero-order chi connectivity index (χ0) is 16.6. The van der Waals surface area contributed by atoms with Gasteiger partial charge in [0.25, 0.3) is 0 Å². The molecule has 1 unspecified atom stereocenters. The van der Waals surface area contributed by atoms with E-state index in [4.69, 9.17) is 9.84 Å². The summed E-state index contributed by atoms with van der Waals surface area (Å²) in [5.74, 6) is 0. The number of aliphatic hydroxyl groups excluding tert-OH is 1. The second-order valence-electron chi connectivity index (χ2n) is 7.26. The van der Waals surface area contributed by atoms with Crippen LogP contribution in [-0.4, -0.2) is 30.0 Å². The van der Waals surface area contributed by atoms with Gasteiger partial charge in [0.1, 0.15) is 5.60 Å². The molecule has 128 valence electrons. The maximum Gasteiger partial charge on any atom is 0.407 e. The molecule has 0 aromatic rings. The average Bonchev–Trinajstić information content (AvgIpc) is 2.83. The smallest absolute Gasteiger partial charge is 0.407 e. The Morgan fingerprint density at radius 3 is 2.73 bits per heavy atom. The van der Waals surface area contributed by atoms with Gasteiger partial charge in [-0.1, -0.05) is 18.6 Å². The van der Waals surface area contributed by atoms with Gasteiger partial charge in [-0.15, -0.1) is 0 Å². The summed E-state index contributed by atoms with van der Waals surface area (Å²) in [5, 5.41) is 11.9. The zero-order valence-corrected chi connectivity index (χ0v) is 14.7. The molecule has 0 aromatic carbocycles. The third-order valence-electron chi connectivity index (χ3n) is 4.48. The molecule has 1 atom stereocenters. The van der Waals surface area contributed by atoms with E-state index < -0.39 is 5.60 Å². The van der Waals surface area contributed by atoms with Crippen molar-refractivity contribution >= 4 is 6.09 Å². The van der Waals surface area contributed by atoms with Gasteiger partial charge >= 0.3 is 6.09 Å². The van der Waals surface area contributed by atoms with Crippen LogP contribution in [0.5, 0.6) is 0 Å². The minimum absolute atomic E-state index is 0.273. The van der Waals surface area contributed by atoms with Crippen LogP contribution in [0.4, 0.5) is 4.79 Å². The average molecular weight is 311 g/mol. The van der Waals surface area contributed by atoms with Crippen LogP contribution in [0, 0.1) is 5.41 Å². The van der Waals surface area contributed by atoms with E-state index in [0.717, 1.165) is 38.5 Å². The molecule has 1 aliphatic carbocycles. The molecule has 0 saturated carbocycles. The Hall–Kier alpha value is -1.03. The quantitative estimate of drug-likeness (QED) is 0.522. The first-order chi connectivity index (χ1) is 10.3. The van der Waals surface area contributed by atoms with Crippen molar-refractivity contribution in [1.82, 2.24) is 5.32 Å². The van der Waals surface area contributed by atoms with Gasteiger partial charge in [0, 0.05) is 13.2 Å². The first-order valence-corrected chi connectivity index (χ1v) is 8.60. The summed E-state index contributed by atoms with van der Waals surface area (Å²) in [5.41, 5.74) is 1.36. The summed E-state index contributed by atoms with van der Waals surface area (Å²) in [7, 11) is 0. The number of ether oxygens (including phenoxy) is 1. The van der Waals surface area contributed by atoms with Crippen molar-refractivity contribution in [3.05, 3.63) is 11.6 Å².